The second-order valence-electron chi connectivity index (χ2n) is 3.20. The smallest absolute Gasteiger partial charge is 0.0286 e. The van der Waals surface area contributed by atoms with E-state index in [9.17, 15) is 0 Å². The highest BCUT2D eigenvalue weighted by molar-refractivity contribution is 8.93. The van der Waals surface area contributed by atoms with Crippen molar-refractivity contribution in [3.05, 3.63) is 11.1 Å². The van der Waals surface area contributed by atoms with Crippen molar-refractivity contribution in [1.29, 1.82) is 0 Å². The fourth-order valence-electron chi connectivity index (χ4n) is 2.07. The van der Waals surface area contributed by atoms with Crippen LogP contribution >= 0.6 is 17.0 Å². The van der Waals surface area contributed by atoms with Crippen molar-refractivity contribution in [2.45, 2.75) is 32.6 Å². The maximum Gasteiger partial charge on any atom is -0.0286 e. The third kappa shape index (κ3) is 1.07. The Kier molecular flexibility index (Phi) is 2.00. The summed E-state index contributed by atoms with van der Waals surface area (Å²) < 4.78 is 0. The fraction of sp³-hybridized carbons (Fsp3) is 0.750. The maximum absolute atomic E-state index is 2.30. The minimum atomic E-state index is 0. The van der Waals surface area contributed by atoms with Gasteiger partial charge in [0.05, 0.1) is 0 Å². The summed E-state index contributed by atoms with van der Waals surface area (Å²) in [7, 11) is 0. The van der Waals surface area contributed by atoms with E-state index in [0.717, 1.165) is 5.92 Å². The van der Waals surface area contributed by atoms with Gasteiger partial charge in [0.1, 0.15) is 0 Å². The van der Waals surface area contributed by atoms with Gasteiger partial charge in [-0.05, 0) is 38.5 Å². The summed E-state index contributed by atoms with van der Waals surface area (Å²) in [4.78, 5) is 0. The van der Waals surface area contributed by atoms with Gasteiger partial charge < -0.3 is 0 Å². The van der Waals surface area contributed by atoms with Crippen LogP contribution in [0.15, 0.2) is 11.1 Å². The molecule has 1 atom stereocenters. The second kappa shape index (κ2) is 2.45. The molecule has 2 aliphatic rings. The molecule has 0 N–H and O–H groups in total. The van der Waals surface area contributed by atoms with E-state index in [1.807, 2.05) is 0 Å². The predicted molar refractivity (Wildman–Crippen MR) is 45.0 cm³/mol. The molecule has 1 unspecified atom stereocenters. The molecule has 0 saturated heterocycles. The summed E-state index contributed by atoms with van der Waals surface area (Å²) in [6.07, 6.45) is 5.80. The lowest BCUT2D eigenvalue weighted by molar-refractivity contribution is 0.563. The van der Waals surface area contributed by atoms with Gasteiger partial charge in [-0.2, -0.15) is 0 Å². The van der Waals surface area contributed by atoms with Crippen LogP contribution in [0.3, 0.4) is 0 Å². The minimum absolute atomic E-state index is 0. The number of halogens is 1. The number of hydrogen-bond acceptors (Lipinski definition) is 0. The van der Waals surface area contributed by atoms with Crippen molar-refractivity contribution in [1.82, 2.24) is 0 Å². The third-order valence-electron chi connectivity index (χ3n) is 2.59. The van der Waals surface area contributed by atoms with Gasteiger partial charge in [-0.3, -0.25) is 0 Å². The zero-order valence-electron chi connectivity index (χ0n) is 5.81. The summed E-state index contributed by atoms with van der Waals surface area (Å²) >= 11 is 0. The summed E-state index contributed by atoms with van der Waals surface area (Å²) in [5, 5.41) is 0. The monoisotopic (exact) mass is 188 g/mol. The number of rotatable bonds is 0. The lowest BCUT2D eigenvalue weighted by Gasteiger charge is -2.05. The lowest BCUT2D eigenvalue weighted by Crippen LogP contribution is -1.90. The Hall–Kier alpha value is 0.220. The van der Waals surface area contributed by atoms with Crippen molar-refractivity contribution >= 4 is 17.0 Å². The number of hydrogen-bond donors (Lipinski definition) is 0. The average Bonchev–Trinajstić information content (AvgIpc) is 2.23. The molecule has 0 nitrogen and oxygen atoms in total. The molecule has 1 fully saturated rings. The zero-order chi connectivity index (χ0) is 5.56. The highest BCUT2D eigenvalue weighted by Crippen LogP contribution is 2.43. The van der Waals surface area contributed by atoms with Gasteiger partial charge in [-0.25, -0.2) is 0 Å². The van der Waals surface area contributed by atoms with Crippen LogP contribution < -0.4 is 0 Å². The Labute approximate surface area is 67.1 Å². The van der Waals surface area contributed by atoms with E-state index in [4.69, 9.17) is 0 Å². The van der Waals surface area contributed by atoms with E-state index < -0.39 is 0 Å². The molecule has 0 amide bonds. The van der Waals surface area contributed by atoms with Crippen molar-refractivity contribution in [2.75, 3.05) is 0 Å². The Morgan fingerprint density at radius 3 is 2.33 bits per heavy atom. The Balaban J connectivity index is 0.000000405. The normalized spacial score (nSPS) is 31.0. The van der Waals surface area contributed by atoms with Crippen molar-refractivity contribution in [3.8, 4) is 0 Å². The fourth-order valence-corrected chi connectivity index (χ4v) is 2.07. The van der Waals surface area contributed by atoms with Gasteiger partial charge in [0, 0.05) is 0 Å². The average molecular weight is 189 g/mol. The van der Waals surface area contributed by atoms with Crippen molar-refractivity contribution in [2.24, 2.45) is 5.92 Å². The molecule has 2 rings (SSSR count). The molecule has 0 radical (unpaired) electrons. The standard InChI is InChI=1S/C8H12.BrH/c1-6-4-7-2-3-8(6)5-7;/h7H,2-5H2,1H3;1H. The largest absolute Gasteiger partial charge is 0.114 e. The first-order valence-corrected chi connectivity index (χ1v) is 3.54. The first kappa shape index (κ1) is 7.33. The highest BCUT2D eigenvalue weighted by atomic mass is 79.9. The second-order valence-corrected chi connectivity index (χ2v) is 3.20. The van der Waals surface area contributed by atoms with E-state index in [1.165, 1.54) is 25.7 Å². The zero-order valence-corrected chi connectivity index (χ0v) is 7.53. The van der Waals surface area contributed by atoms with Crippen LogP contribution in [0.4, 0.5) is 0 Å². The molecule has 9 heavy (non-hydrogen) atoms. The molecule has 0 aromatic carbocycles. The first-order chi connectivity index (χ1) is 3.86. The molecular weight excluding hydrogens is 176 g/mol. The van der Waals surface area contributed by atoms with Crippen LogP contribution in [-0.4, -0.2) is 0 Å². The first-order valence-electron chi connectivity index (χ1n) is 3.54. The highest BCUT2D eigenvalue weighted by Gasteiger charge is 2.27. The van der Waals surface area contributed by atoms with Gasteiger partial charge in [0.25, 0.3) is 0 Å². The Morgan fingerprint density at radius 2 is 2.11 bits per heavy atom. The van der Waals surface area contributed by atoms with Gasteiger partial charge >= 0.3 is 0 Å². The molecule has 2 bridgehead atoms. The van der Waals surface area contributed by atoms with Crippen molar-refractivity contribution in [3.63, 3.8) is 0 Å². The number of allylic oxidation sites excluding steroid dienone is 2. The topological polar surface area (TPSA) is 0 Å². The van der Waals surface area contributed by atoms with Crippen LogP contribution in [0.25, 0.3) is 0 Å². The summed E-state index contributed by atoms with van der Waals surface area (Å²) in [6.45, 7) is 2.30. The molecule has 0 aromatic heterocycles. The SMILES string of the molecule is Br.CC1=C2CCC(C1)C2. The molecule has 52 valence electrons. The molecule has 2 aliphatic carbocycles. The van der Waals surface area contributed by atoms with Crippen LogP contribution in [0.1, 0.15) is 32.6 Å². The molecule has 1 saturated carbocycles. The lowest BCUT2D eigenvalue weighted by atomic mass is 10.0. The van der Waals surface area contributed by atoms with Crippen LogP contribution in [0, 0.1) is 5.92 Å². The summed E-state index contributed by atoms with van der Waals surface area (Å²) in [5.74, 6) is 1.07. The number of fused-ring (bicyclic) bond motifs is 2. The van der Waals surface area contributed by atoms with Crippen LogP contribution in [0.2, 0.25) is 0 Å². The molecular formula is C8H13Br. The van der Waals surface area contributed by atoms with Crippen molar-refractivity contribution < 1.29 is 0 Å². The van der Waals surface area contributed by atoms with Gasteiger partial charge in [-0.1, -0.05) is 11.1 Å². The van der Waals surface area contributed by atoms with E-state index in [0.29, 0.717) is 0 Å². The quantitative estimate of drug-likeness (QED) is 0.513. The summed E-state index contributed by atoms with van der Waals surface area (Å²) in [6, 6.07) is 0. The van der Waals surface area contributed by atoms with Gasteiger partial charge in [-0.15, -0.1) is 17.0 Å². The molecule has 0 aromatic rings. The molecule has 1 heteroatoms. The van der Waals surface area contributed by atoms with E-state index >= 15 is 0 Å². The van der Waals surface area contributed by atoms with E-state index in [2.05, 4.69) is 6.92 Å². The Morgan fingerprint density at radius 1 is 1.33 bits per heavy atom. The van der Waals surface area contributed by atoms with Crippen LogP contribution in [-0.2, 0) is 0 Å². The Bertz CT molecular complexity index is 145. The van der Waals surface area contributed by atoms with E-state index in [-0.39, 0.29) is 17.0 Å². The molecule has 0 aliphatic heterocycles. The van der Waals surface area contributed by atoms with Crippen LogP contribution in [0.5, 0.6) is 0 Å². The molecule has 0 heterocycles. The van der Waals surface area contributed by atoms with Gasteiger partial charge in [0.2, 0.25) is 0 Å². The minimum Gasteiger partial charge on any atom is -0.114 e. The third-order valence-corrected chi connectivity index (χ3v) is 2.59. The van der Waals surface area contributed by atoms with E-state index in [1.54, 1.807) is 11.1 Å². The maximum atomic E-state index is 2.30. The molecule has 0 spiro atoms. The predicted octanol–water partition coefficient (Wildman–Crippen LogP) is 3.08. The van der Waals surface area contributed by atoms with Gasteiger partial charge in [0.15, 0.2) is 0 Å². The summed E-state index contributed by atoms with van der Waals surface area (Å²) in [5.41, 5.74) is 3.50.